The molecule has 0 radical (unpaired) electrons. The van der Waals surface area contributed by atoms with Gasteiger partial charge >= 0.3 is 0 Å². The van der Waals surface area contributed by atoms with Crippen molar-refractivity contribution in [2.75, 3.05) is 0 Å². The van der Waals surface area contributed by atoms with Crippen LogP contribution in [0.4, 0.5) is 0 Å². The molecule has 0 N–H and O–H groups in total. The topological polar surface area (TPSA) is 43.1 Å². The van der Waals surface area contributed by atoms with Crippen molar-refractivity contribution in [3.63, 3.8) is 0 Å². The second kappa shape index (κ2) is 17.2. The summed E-state index contributed by atoms with van der Waals surface area (Å²) in [4.78, 5) is 10.7. The summed E-state index contributed by atoms with van der Waals surface area (Å²) < 4.78 is 2.16. The van der Waals surface area contributed by atoms with Crippen LogP contribution in [0, 0.1) is 0 Å². The van der Waals surface area contributed by atoms with Gasteiger partial charge in [-0.05, 0) is 74.7 Å². The van der Waals surface area contributed by atoms with Gasteiger partial charge in [0.2, 0.25) is 0 Å². The smallest absolute Gasteiger partial charge is 0.160 e. The van der Waals surface area contributed by atoms with E-state index < -0.39 is 0 Å². The van der Waals surface area contributed by atoms with Crippen LogP contribution in [0.1, 0.15) is 0 Å². The van der Waals surface area contributed by atoms with Crippen LogP contribution in [0.15, 0.2) is 255 Å². The molecular weight excluding hydrogens is 813 g/mol. The number of fused-ring (bicyclic) bond motifs is 3. The zero-order valence-corrected chi connectivity index (χ0v) is 36.5. The highest BCUT2D eigenvalue weighted by Crippen LogP contribution is 2.43. The predicted molar refractivity (Wildman–Crippen MR) is 277 cm³/mol. The van der Waals surface area contributed by atoms with Crippen molar-refractivity contribution in [3.8, 4) is 101 Å². The van der Waals surface area contributed by atoms with E-state index in [0.29, 0.717) is 5.82 Å². The van der Waals surface area contributed by atoms with Crippen LogP contribution in [0.25, 0.3) is 117 Å². The number of hydrogen-bond acceptors (Lipinski definition) is 3. The zero-order chi connectivity index (χ0) is 44.5. The lowest BCUT2D eigenvalue weighted by atomic mass is 9.92. The minimum Gasteiger partial charge on any atom is -0.231 e. The van der Waals surface area contributed by atoms with Gasteiger partial charge in [0.05, 0.1) is 22.6 Å². The third kappa shape index (κ3) is 7.57. The predicted octanol–water partition coefficient (Wildman–Crippen LogP) is 16.3. The summed E-state index contributed by atoms with van der Waals surface area (Å²) in [5, 5.41) is 7.72. The van der Waals surface area contributed by atoms with E-state index in [1.807, 2.05) is 6.07 Å². The van der Waals surface area contributed by atoms with E-state index >= 15 is 0 Å². The third-order valence-electron chi connectivity index (χ3n) is 12.6. The second-order valence-corrected chi connectivity index (χ2v) is 16.8. The van der Waals surface area contributed by atoms with E-state index in [4.69, 9.17) is 15.1 Å². The first-order chi connectivity index (χ1) is 33.2. The van der Waals surface area contributed by atoms with E-state index in [1.54, 1.807) is 0 Å². The fourth-order valence-electron chi connectivity index (χ4n) is 9.38. The Labute approximate surface area is 389 Å². The van der Waals surface area contributed by atoms with Gasteiger partial charge in [0.1, 0.15) is 5.69 Å². The molecule has 0 aliphatic heterocycles. The molecule has 12 aromatic rings. The highest BCUT2D eigenvalue weighted by molar-refractivity contribution is 6.12. The van der Waals surface area contributed by atoms with Crippen molar-refractivity contribution >= 4 is 16.3 Å². The summed E-state index contributed by atoms with van der Waals surface area (Å²) in [5.74, 6) is 0.671. The van der Waals surface area contributed by atoms with Crippen LogP contribution >= 0.6 is 0 Å². The molecule has 0 spiro atoms. The molecule has 4 nitrogen and oxygen atoms in total. The molecule has 0 unspecified atom stereocenters. The number of benzene rings is 9. The largest absolute Gasteiger partial charge is 0.231 e. The summed E-state index contributed by atoms with van der Waals surface area (Å²) in [6.07, 6.45) is 0. The van der Waals surface area contributed by atoms with Gasteiger partial charge in [0.25, 0.3) is 0 Å². The van der Waals surface area contributed by atoms with E-state index in [-0.39, 0.29) is 0 Å². The summed E-state index contributed by atoms with van der Waals surface area (Å²) in [6.45, 7) is 0. The number of pyridine rings is 1. The molecule has 0 saturated heterocycles. The van der Waals surface area contributed by atoms with Crippen molar-refractivity contribution in [3.05, 3.63) is 255 Å². The van der Waals surface area contributed by atoms with Crippen LogP contribution < -0.4 is 0 Å². The monoisotopic (exact) mass is 854 g/mol. The maximum Gasteiger partial charge on any atom is 0.160 e. The average molecular weight is 855 g/mol. The van der Waals surface area contributed by atoms with E-state index in [9.17, 15) is 0 Å². The van der Waals surface area contributed by atoms with E-state index in [1.165, 1.54) is 0 Å². The molecule has 3 aromatic heterocycles. The fourth-order valence-corrected chi connectivity index (χ4v) is 9.38. The van der Waals surface area contributed by atoms with Gasteiger partial charge in [0.15, 0.2) is 5.82 Å². The highest BCUT2D eigenvalue weighted by Gasteiger charge is 2.23. The summed E-state index contributed by atoms with van der Waals surface area (Å²) in [7, 11) is 0. The molecule has 0 atom stereocenters. The molecule has 67 heavy (non-hydrogen) atoms. The first-order valence-corrected chi connectivity index (χ1v) is 22.7. The van der Waals surface area contributed by atoms with Gasteiger partial charge in [-0.2, -0.15) is 5.10 Å². The quantitative estimate of drug-likeness (QED) is 0.145. The number of aromatic nitrogens is 4. The van der Waals surface area contributed by atoms with E-state index in [2.05, 4.69) is 253 Å². The van der Waals surface area contributed by atoms with Gasteiger partial charge in [0, 0.05) is 38.8 Å². The lowest BCUT2D eigenvalue weighted by Crippen LogP contribution is -1.97. The Morgan fingerprint density at radius 3 is 1.30 bits per heavy atom. The molecule has 0 fully saturated rings. The summed E-state index contributed by atoms with van der Waals surface area (Å²) in [5.41, 5.74) is 18.9. The molecule has 0 aliphatic carbocycles. The fraction of sp³-hybridized carbons (Fsp3) is 0. The normalized spacial score (nSPS) is 11.3. The van der Waals surface area contributed by atoms with Crippen LogP contribution in [-0.4, -0.2) is 19.6 Å². The van der Waals surface area contributed by atoms with Crippen molar-refractivity contribution < 1.29 is 0 Å². The van der Waals surface area contributed by atoms with Gasteiger partial charge in [-0.15, -0.1) is 0 Å². The number of hydrogen-bond donors (Lipinski definition) is 0. The molecule has 9 aromatic carbocycles. The molecule has 314 valence electrons. The van der Waals surface area contributed by atoms with Gasteiger partial charge in [-0.25, -0.2) is 14.5 Å². The zero-order valence-electron chi connectivity index (χ0n) is 36.5. The Morgan fingerprint density at radius 2 is 0.716 bits per heavy atom. The molecule has 0 saturated carbocycles. The number of rotatable bonds is 9. The van der Waals surface area contributed by atoms with Crippen molar-refractivity contribution in [1.29, 1.82) is 0 Å². The Balaban J connectivity index is 1.06. The maximum absolute atomic E-state index is 5.46. The summed E-state index contributed by atoms with van der Waals surface area (Å²) >= 11 is 0. The Bertz CT molecular complexity index is 3610. The first kappa shape index (κ1) is 39.6. The van der Waals surface area contributed by atoms with Crippen LogP contribution in [0.5, 0.6) is 0 Å². The Morgan fingerprint density at radius 1 is 0.284 bits per heavy atom. The van der Waals surface area contributed by atoms with Crippen molar-refractivity contribution in [2.24, 2.45) is 0 Å². The molecule has 4 heteroatoms. The molecular formula is C63H42N4. The molecule has 0 bridgehead atoms. The average Bonchev–Trinajstić information content (AvgIpc) is 3.83. The SMILES string of the molecule is c1ccc(-c2cccc(-c3cc(-c4cccc(-c5cccc6c5cc(-c5ccccc5)n5nc(-c7ccccc7)c(-c7ccccc7)c65)c4)nc(-c4cccc(-c5ccccc5)c4)n3)c2)cc1. The van der Waals surface area contributed by atoms with Crippen LogP contribution in [0.2, 0.25) is 0 Å². The minimum absolute atomic E-state index is 0.671. The second-order valence-electron chi connectivity index (χ2n) is 16.8. The van der Waals surface area contributed by atoms with Gasteiger partial charge in [-0.1, -0.05) is 224 Å². The molecule has 3 heterocycles. The van der Waals surface area contributed by atoms with Gasteiger partial charge in [-0.3, -0.25) is 0 Å². The molecule has 12 rings (SSSR count). The lowest BCUT2D eigenvalue weighted by Gasteiger charge is -2.15. The van der Waals surface area contributed by atoms with Crippen molar-refractivity contribution in [1.82, 2.24) is 19.6 Å². The highest BCUT2D eigenvalue weighted by atomic mass is 15.2. The minimum atomic E-state index is 0.671. The molecule has 0 amide bonds. The first-order valence-electron chi connectivity index (χ1n) is 22.7. The Kier molecular flexibility index (Phi) is 10.2. The van der Waals surface area contributed by atoms with Crippen molar-refractivity contribution in [2.45, 2.75) is 0 Å². The Hall–Kier alpha value is -8.99. The van der Waals surface area contributed by atoms with Crippen LogP contribution in [-0.2, 0) is 0 Å². The van der Waals surface area contributed by atoms with Crippen LogP contribution in [0.3, 0.4) is 0 Å². The number of nitrogens with zero attached hydrogens (tertiary/aromatic N) is 4. The standard InChI is InChI=1S/C63H42N4/c1-6-20-43(21-7-1)48-30-16-33-51(38-48)57-42-58(65-63(64-57)53-35-17-31-49(39-53)44-22-8-2-9-23-44)52-34-18-32-50(40-52)54-36-19-37-55-56(54)41-59(45-24-10-3-11-25-45)67-62(55)60(46-26-12-4-13-27-46)61(66-67)47-28-14-5-15-29-47/h1-42H. The van der Waals surface area contributed by atoms with E-state index in [0.717, 1.165) is 111 Å². The lowest BCUT2D eigenvalue weighted by molar-refractivity contribution is 0.979. The summed E-state index contributed by atoms with van der Waals surface area (Å²) in [6, 6.07) is 89.9. The molecule has 0 aliphatic rings. The third-order valence-corrected chi connectivity index (χ3v) is 12.6. The van der Waals surface area contributed by atoms with Gasteiger partial charge < -0.3 is 0 Å². The maximum atomic E-state index is 5.46.